The van der Waals surface area contributed by atoms with E-state index < -0.39 is 17.7 Å². The van der Waals surface area contributed by atoms with E-state index in [4.69, 9.17) is 9.47 Å². The first-order valence-corrected chi connectivity index (χ1v) is 12.7. The molecular weight excluding hydrogens is 507 g/mol. The molecule has 1 aromatic heterocycles. The third-order valence-corrected chi connectivity index (χ3v) is 7.15. The Morgan fingerprint density at radius 1 is 1.05 bits per heavy atom. The van der Waals surface area contributed by atoms with Gasteiger partial charge in [0.2, 0.25) is 0 Å². The van der Waals surface area contributed by atoms with Crippen LogP contribution in [0.1, 0.15) is 40.3 Å². The van der Waals surface area contributed by atoms with Crippen LogP contribution < -0.4 is 4.90 Å². The predicted molar refractivity (Wildman–Crippen MR) is 136 cm³/mol. The average molecular weight is 535 g/mol. The Balaban J connectivity index is 1.09. The summed E-state index contributed by atoms with van der Waals surface area (Å²) in [6.07, 6.45) is 0.950. The maximum atomic E-state index is 15.2. The van der Waals surface area contributed by atoms with Gasteiger partial charge in [0.25, 0.3) is 17.7 Å². The van der Waals surface area contributed by atoms with Crippen molar-refractivity contribution in [2.45, 2.75) is 32.3 Å². The highest BCUT2D eigenvalue weighted by molar-refractivity contribution is 6.21. The largest absolute Gasteiger partial charge is 0.366 e. The molecule has 0 spiro atoms. The lowest BCUT2D eigenvalue weighted by atomic mass is 10.1. The molecule has 6 rings (SSSR count). The predicted octanol–water partition coefficient (Wildman–Crippen LogP) is 2.00. The molecule has 3 aliphatic heterocycles. The molecule has 2 aromatic carbocycles. The van der Waals surface area contributed by atoms with Crippen molar-refractivity contribution in [3.8, 4) is 5.69 Å². The number of carbonyl (C=O) groups excluding carboxylic acids is 3. The van der Waals surface area contributed by atoms with E-state index in [1.165, 1.54) is 10.7 Å². The van der Waals surface area contributed by atoms with Crippen LogP contribution in [0.3, 0.4) is 0 Å². The van der Waals surface area contributed by atoms with Crippen LogP contribution >= 0.6 is 0 Å². The number of fused-ring (bicyclic) bond motifs is 1. The third-order valence-electron chi connectivity index (χ3n) is 7.15. The second-order valence-corrected chi connectivity index (χ2v) is 10.2. The normalized spacial score (nSPS) is 20.6. The van der Waals surface area contributed by atoms with Crippen molar-refractivity contribution in [1.82, 2.24) is 24.8 Å². The number of amides is 3. The summed E-state index contributed by atoms with van der Waals surface area (Å²) in [6, 6.07) is 11.4. The Bertz CT molecular complexity index is 1430. The van der Waals surface area contributed by atoms with Crippen molar-refractivity contribution in [2.24, 2.45) is 0 Å². The average Bonchev–Trinajstić information content (AvgIpc) is 3.62. The SMILES string of the molecule is CC1(C)OCC(C(=O)N2CCN(c3ccc(-n4cc(CN5C(=O)c6ccccc6C5=O)nn4)cc3F)CC2)O1. The highest BCUT2D eigenvalue weighted by Crippen LogP contribution is 2.27. The Kier molecular flexibility index (Phi) is 6.15. The molecule has 3 amide bonds. The zero-order valence-corrected chi connectivity index (χ0v) is 21.5. The van der Waals surface area contributed by atoms with E-state index in [2.05, 4.69) is 10.3 Å². The summed E-state index contributed by atoms with van der Waals surface area (Å²) in [4.78, 5) is 42.8. The molecule has 3 aromatic rings. The molecule has 0 radical (unpaired) electrons. The molecule has 3 aliphatic rings. The molecule has 2 saturated heterocycles. The minimum absolute atomic E-state index is 0.0363. The van der Waals surface area contributed by atoms with Crippen LogP contribution in [0.5, 0.6) is 0 Å². The number of nitrogens with zero attached hydrogens (tertiary/aromatic N) is 6. The minimum atomic E-state index is -0.771. The van der Waals surface area contributed by atoms with Gasteiger partial charge in [0.1, 0.15) is 11.5 Å². The number of anilines is 1. The van der Waals surface area contributed by atoms with Crippen molar-refractivity contribution in [3.63, 3.8) is 0 Å². The molecule has 39 heavy (non-hydrogen) atoms. The van der Waals surface area contributed by atoms with E-state index in [-0.39, 0.29) is 30.9 Å². The Hall–Kier alpha value is -4.16. The third kappa shape index (κ3) is 4.66. The van der Waals surface area contributed by atoms with Crippen molar-refractivity contribution >= 4 is 23.4 Å². The molecule has 202 valence electrons. The molecule has 0 bridgehead atoms. The molecular formula is C27H27FN6O5. The van der Waals surface area contributed by atoms with Gasteiger partial charge in [-0.3, -0.25) is 19.3 Å². The monoisotopic (exact) mass is 534 g/mol. The number of hydrogen-bond donors (Lipinski definition) is 0. The number of benzene rings is 2. The second kappa shape index (κ2) is 9.54. The van der Waals surface area contributed by atoms with Crippen LogP contribution in [0.25, 0.3) is 5.69 Å². The topological polar surface area (TPSA) is 110 Å². The summed E-state index contributed by atoms with van der Waals surface area (Å²) < 4.78 is 27.8. The van der Waals surface area contributed by atoms with Crippen molar-refractivity contribution in [1.29, 1.82) is 0 Å². The molecule has 0 saturated carbocycles. The van der Waals surface area contributed by atoms with Crippen molar-refractivity contribution in [2.75, 3.05) is 37.7 Å². The molecule has 1 unspecified atom stereocenters. The van der Waals surface area contributed by atoms with Gasteiger partial charge in [-0.2, -0.15) is 0 Å². The van der Waals surface area contributed by atoms with Gasteiger partial charge in [-0.1, -0.05) is 17.3 Å². The lowest BCUT2D eigenvalue weighted by Crippen LogP contribution is -2.52. The fourth-order valence-corrected chi connectivity index (χ4v) is 5.12. The first-order chi connectivity index (χ1) is 18.7. The quantitative estimate of drug-likeness (QED) is 0.458. The fraction of sp³-hybridized carbons (Fsp3) is 0.370. The maximum Gasteiger partial charge on any atom is 0.261 e. The van der Waals surface area contributed by atoms with Gasteiger partial charge in [-0.15, -0.1) is 5.10 Å². The zero-order valence-electron chi connectivity index (χ0n) is 21.5. The zero-order chi connectivity index (χ0) is 27.3. The molecule has 0 aliphatic carbocycles. The number of aromatic nitrogens is 3. The number of ether oxygens (including phenoxy) is 2. The first kappa shape index (κ1) is 25.1. The van der Waals surface area contributed by atoms with E-state index in [1.54, 1.807) is 61.3 Å². The van der Waals surface area contributed by atoms with Gasteiger partial charge in [0.15, 0.2) is 11.9 Å². The molecule has 1 atom stereocenters. The van der Waals surface area contributed by atoms with Gasteiger partial charge in [-0.05, 0) is 38.1 Å². The van der Waals surface area contributed by atoms with Gasteiger partial charge >= 0.3 is 0 Å². The van der Waals surface area contributed by atoms with Crippen molar-refractivity contribution in [3.05, 3.63) is 71.3 Å². The number of carbonyl (C=O) groups is 3. The summed E-state index contributed by atoms with van der Waals surface area (Å²) in [5, 5.41) is 8.13. The lowest BCUT2D eigenvalue weighted by molar-refractivity contribution is -0.160. The Morgan fingerprint density at radius 3 is 2.36 bits per heavy atom. The van der Waals surface area contributed by atoms with E-state index in [9.17, 15) is 14.4 Å². The van der Waals surface area contributed by atoms with Crippen LogP contribution in [0.4, 0.5) is 10.1 Å². The maximum absolute atomic E-state index is 15.2. The summed E-state index contributed by atoms with van der Waals surface area (Å²) in [5.74, 6) is -2.07. The highest BCUT2D eigenvalue weighted by atomic mass is 19.1. The Morgan fingerprint density at radius 2 is 1.74 bits per heavy atom. The molecule has 4 heterocycles. The standard InChI is InChI=1S/C27H27FN6O5/c1-27(2)38-16-23(39-27)26(37)32-11-9-31(10-12-32)22-8-7-18(13-21(22)28)34-15-17(29-30-34)14-33-24(35)19-5-3-4-6-20(19)25(33)36/h3-8,13,15,23H,9-12,14,16H2,1-2H3. The summed E-state index contributed by atoms with van der Waals surface area (Å²) in [6.45, 7) is 5.60. The van der Waals surface area contributed by atoms with Gasteiger partial charge in [-0.25, -0.2) is 9.07 Å². The fourth-order valence-electron chi connectivity index (χ4n) is 5.12. The van der Waals surface area contributed by atoms with Crippen LogP contribution in [0.2, 0.25) is 0 Å². The van der Waals surface area contributed by atoms with E-state index in [0.717, 1.165) is 4.90 Å². The minimum Gasteiger partial charge on any atom is -0.366 e. The first-order valence-electron chi connectivity index (χ1n) is 12.7. The second-order valence-electron chi connectivity index (χ2n) is 10.2. The number of hydrogen-bond acceptors (Lipinski definition) is 8. The highest BCUT2D eigenvalue weighted by Gasteiger charge is 2.40. The molecule has 12 heteroatoms. The van der Waals surface area contributed by atoms with Crippen molar-refractivity contribution < 1.29 is 28.2 Å². The van der Waals surface area contributed by atoms with E-state index >= 15 is 4.39 Å². The summed E-state index contributed by atoms with van der Waals surface area (Å²) >= 11 is 0. The molecule has 0 N–H and O–H groups in total. The molecule has 2 fully saturated rings. The smallest absolute Gasteiger partial charge is 0.261 e. The van der Waals surface area contributed by atoms with Gasteiger partial charge < -0.3 is 19.3 Å². The molecule has 11 nitrogen and oxygen atoms in total. The van der Waals surface area contributed by atoms with Gasteiger partial charge in [0, 0.05) is 32.2 Å². The van der Waals surface area contributed by atoms with Crippen LogP contribution in [0, 0.1) is 5.82 Å². The van der Waals surface area contributed by atoms with Crippen LogP contribution in [-0.2, 0) is 20.8 Å². The van der Waals surface area contributed by atoms with Gasteiger partial charge in [0.05, 0.1) is 41.9 Å². The number of halogens is 1. The van der Waals surface area contributed by atoms with E-state index in [0.29, 0.717) is 54.4 Å². The number of rotatable bonds is 5. The Labute approximate surface area is 223 Å². The summed E-state index contributed by atoms with van der Waals surface area (Å²) in [7, 11) is 0. The lowest BCUT2D eigenvalue weighted by Gasteiger charge is -2.37. The number of piperazine rings is 1. The van der Waals surface area contributed by atoms with Crippen LogP contribution in [0.15, 0.2) is 48.7 Å². The van der Waals surface area contributed by atoms with Crippen LogP contribution in [-0.4, -0.2) is 87.2 Å². The number of imide groups is 1. The van der Waals surface area contributed by atoms with E-state index in [1.807, 2.05) is 4.90 Å². The summed E-state index contributed by atoms with van der Waals surface area (Å²) in [5.41, 5.74) is 2.01.